The molecule has 0 saturated carbocycles. The zero-order valence-corrected chi connectivity index (χ0v) is 21.7. The van der Waals surface area contributed by atoms with Gasteiger partial charge in [-0.1, -0.05) is 11.6 Å². The molecule has 0 unspecified atom stereocenters. The molecular weight excluding hydrogens is 549 g/mol. The quantitative estimate of drug-likeness (QED) is 0.232. The lowest BCUT2D eigenvalue weighted by molar-refractivity contribution is -0.274. The number of nitrogens with one attached hydrogen (secondary N) is 2. The van der Waals surface area contributed by atoms with Crippen molar-refractivity contribution < 1.29 is 27.4 Å². The van der Waals surface area contributed by atoms with Gasteiger partial charge < -0.3 is 24.7 Å². The summed E-state index contributed by atoms with van der Waals surface area (Å²) in [5, 5.41) is 5.82. The number of hydrogen-bond donors (Lipinski definition) is 2. The molecule has 3 aromatic heterocycles. The molecule has 0 saturated heterocycles. The topological polar surface area (TPSA) is 103 Å². The molecule has 0 aliphatic rings. The Morgan fingerprint density at radius 3 is 2.55 bits per heavy atom. The smallest absolute Gasteiger partial charge is 0.457 e. The van der Waals surface area contributed by atoms with Crippen LogP contribution in [-0.2, 0) is 7.05 Å². The van der Waals surface area contributed by atoms with Crippen molar-refractivity contribution in [3.05, 3.63) is 83.9 Å². The molecule has 0 fully saturated rings. The van der Waals surface area contributed by atoms with Crippen LogP contribution < -0.4 is 20.1 Å². The minimum absolute atomic E-state index is 0.123. The number of benzene rings is 2. The minimum atomic E-state index is -4.89. The highest BCUT2D eigenvalue weighted by molar-refractivity contribution is 6.33. The van der Waals surface area contributed by atoms with Crippen molar-refractivity contribution in [2.24, 2.45) is 7.05 Å². The van der Waals surface area contributed by atoms with Crippen molar-refractivity contribution in [1.29, 1.82) is 0 Å². The third kappa shape index (κ3) is 5.76. The zero-order valence-electron chi connectivity index (χ0n) is 21.0. The third-order valence-corrected chi connectivity index (χ3v) is 6.10. The van der Waals surface area contributed by atoms with E-state index in [1.807, 2.05) is 6.07 Å². The first-order valence-corrected chi connectivity index (χ1v) is 12.1. The summed E-state index contributed by atoms with van der Waals surface area (Å²) < 4.78 is 51.1. The van der Waals surface area contributed by atoms with Gasteiger partial charge in [0.2, 0.25) is 5.95 Å². The van der Waals surface area contributed by atoms with Crippen LogP contribution in [0.1, 0.15) is 10.5 Å². The van der Waals surface area contributed by atoms with Gasteiger partial charge in [-0.05, 0) is 42.5 Å². The Morgan fingerprint density at radius 1 is 1.00 bits per heavy atom. The lowest BCUT2D eigenvalue weighted by Gasteiger charge is -2.16. The number of aryl methyl sites for hydroxylation is 1. The number of nitrogens with zero attached hydrogens (tertiary/aromatic N) is 4. The Kier molecular flexibility index (Phi) is 7.18. The normalized spacial score (nSPS) is 11.3. The van der Waals surface area contributed by atoms with Crippen molar-refractivity contribution in [3.63, 3.8) is 0 Å². The molecule has 204 valence electrons. The highest BCUT2D eigenvalue weighted by Crippen LogP contribution is 2.39. The fraction of sp³-hybridized carbons (Fsp3) is 0.111. The fourth-order valence-electron chi connectivity index (χ4n) is 3.97. The van der Waals surface area contributed by atoms with Crippen LogP contribution in [0.15, 0.2) is 73.2 Å². The van der Waals surface area contributed by atoms with E-state index in [1.165, 1.54) is 56.0 Å². The summed E-state index contributed by atoms with van der Waals surface area (Å²) >= 11 is 6.23. The largest absolute Gasteiger partial charge is 0.573 e. The summed E-state index contributed by atoms with van der Waals surface area (Å²) in [6.07, 6.45) is -0.653. The number of anilines is 2. The number of carbonyl (C=O) groups excluding carboxylic acids is 1. The number of imidazole rings is 1. The molecule has 1 amide bonds. The van der Waals surface area contributed by atoms with Crippen LogP contribution >= 0.6 is 11.6 Å². The molecule has 13 heteroatoms. The average molecular weight is 569 g/mol. The van der Waals surface area contributed by atoms with Gasteiger partial charge in [-0.3, -0.25) is 14.8 Å². The summed E-state index contributed by atoms with van der Waals surface area (Å²) in [7, 11) is 3.30. The molecule has 0 aliphatic carbocycles. The van der Waals surface area contributed by atoms with E-state index in [0.29, 0.717) is 34.2 Å². The Balaban J connectivity index is 1.45. The van der Waals surface area contributed by atoms with Crippen LogP contribution in [0.2, 0.25) is 5.02 Å². The summed E-state index contributed by atoms with van der Waals surface area (Å²) in [4.78, 5) is 24.4. The SMILES string of the molecule is CNC(=O)c1cc(Oc2ccc3c(c2)nc(Nc2ccc(OC(F)(F)F)c(-c4ccncc4Cl)c2)n3C)ccn1. The van der Waals surface area contributed by atoms with Gasteiger partial charge in [0, 0.05) is 61.6 Å². The number of rotatable bonds is 7. The Bertz CT molecular complexity index is 1720. The Morgan fingerprint density at radius 2 is 1.80 bits per heavy atom. The first-order chi connectivity index (χ1) is 19.1. The summed E-state index contributed by atoms with van der Waals surface area (Å²) in [5.41, 5.74) is 2.47. The second-order valence-electron chi connectivity index (χ2n) is 8.44. The molecule has 0 atom stereocenters. The second-order valence-corrected chi connectivity index (χ2v) is 8.85. The molecule has 9 nitrogen and oxygen atoms in total. The van der Waals surface area contributed by atoms with Crippen molar-refractivity contribution in [3.8, 4) is 28.4 Å². The van der Waals surface area contributed by atoms with Gasteiger partial charge in [0.25, 0.3) is 5.91 Å². The molecule has 2 aromatic carbocycles. The minimum Gasteiger partial charge on any atom is -0.457 e. The number of carbonyl (C=O) groups is 1. The van der Waals surface area contributed by atoms with E-state index < -0.39 is 12.1 Å². The van der Waals surface area contributed by atoms with E-state index >= 15 is 0 Å². The molecule has 5 aromatic rings. The van der Waals surface area contributed by atoms with Crippen molar-refractivity contribution in [2.45, 2.75) is 6.36 Å². The molecule has 2 N–H and O–H groups in total. The molecule has 0 aliphatic heterocycles. The molecule has 0 bridgehead atoms. The van der Waals surface area contributed by atoms with Crippen LogP contribution in [-0.4, -0.2) is 38.8 Å². The van der Waals surface area contributed by atoms with Gasteiger partial charge in [-0.25, -0.2) is 4.98 Å². The monoisotopic (exact) mass is 568 g/mol. The lowest BCUT2D eigenvalue weighted by atomic mass is 10.0. The number of hydrogen-bond acceptors (Lipinski definition) is 7. The second kappa shape index (κ2) is 10.7. The molecule has 3 heterocycles. The van der Waals surface area contributed by atoms with E-state index in [4.69, 9.17) is 16.3 Å². The number of ether oxygens (including phenoxy) is 2. The van der Waals surface area contributed by atoms with Gasteiger partial charge in [-0.15, -0.1) is 13.2 Å². The van der Waals surface area contributed by atoms with Crippen LogP contribution in [0.3, 0.4) is 0 Å². The molecular formula is C27H20ClF3N6O3. The number of aromatic nitrogens is 4. The Hall–Kier alpha value is -4.84. The third-order valence-electron chi connectivity index (χ3n) is 5.80. The van der Waals surface area contributed by atoms with Crippen molar-refractivity contribution >= 4 is 40.2 Å². The predicted molar refractivity (Wildman–Crippen MR) is 143 cm³/mol. The summed E-state index contributed by atoms with van der Waals surface area (Å²) in [6.45, 7) is 0. The fourth-order valence-corrected chi connectivity index (χ4v) is 4.19. The highest BCUT2D eigenvalue weighted by atomic mass is 35.5. The first kappa shape index (κ1) is 26.8. The number of halogens is 4. The standard InChI is InChI=1S/C27H20ClF3N6O3/c1-32-25(38)22-13-17(7-10-34-22)39-16-4-5-23-21(12-16)36-26(37(23)2)35-15-3-6-24(40-27(29,30)31)19(11-15)18-8-9-33-14-20(18)28/h3-14H,1-2H3,(H,32,38)(H,35,36). The van der Waals surface area contributed by atoms with Gasteiger partial charge in [0.15, 0.2) is 0 Å². The van der Waals surface area contributed by atoms with Gasteiger partial charge in [-0.2, -0.15) is 0 Å². The van der Waals surface area contributed by atoms with Crippen LogP contribution in [0.5, 0.6) is 17.2 Å². The van der Waals surface area contributed by atoms with Gasteiger partial charge >= 0.3 is 6.36 Å². The van der Waals surface area contributed by atoms with Gasteiger partial charge in [0.1, 0.15) is 22.9 Å². The van der Waals surface area contributed by atoms with Crippen LogP contribution in [0.4, 0.5) is 24.8 Å². The number of pyridine rings is 2. The van der Waals surface area contributed by atoms with Crippen LogP contribution in [0.25, 0.3) is 22.2 Å². The maximum absolute atomic E-state index is 13.1. The first-order valence-electron chi connectivity index (χ1n) is 11.7. The van der Waals surface area contributed by atoms with E-state index in [0.717, 1.165) is 5.52 Å². The van der Waals surface area contributed by atoms with Crippen LogP contribution in [0, 0.1) is 0 Å². The van der Waals surface area contributed by atoms with Gasteiger partial charge in [0.05, 0.1) is 16.1 Å². The summed E-state index contributed by atoms with van der Waals surface area (Å²) in [5.74, 6) is 0.580. The highest BCUT2D eigenvalue weighted by Gasteiger charge is 2.32. The zero-order chi connectivity index (χ0) is 28.4. The van der Waals surface area contributed by atoms with E-state index in [-0.39, 0.29) is 22.2 Å². The molecule has 40 heavy (non-hydrogen) atoms. The maximum atomic E-state index is 13.1. The Labute approximate surface area is 230 Å². The van der Waals surface area contributed by atoms with Crippen molar-refractivity contribution in [1.82, 2.24) is 24.8 Å². The lowest BCUT2D eigenvalue weighted by Crippen LogP contribution is -2.18. The summed E-state index contributed by atoms with van der Waals surface area (Å²) in [6, 6.07) is 14.1. The van der Waals surface area contributed by atoms with E-state index in [1.54, 1.807) is 29.8 Å². The van der Waals surface area contributed by atoms with E-state index in [9.17, 15) is 18.0 Å². The number of fused-ring (bicyclic) bond motifs is 1. The molecule has 5 rings (SSSR count). The molecule has 0 spiro atoms. The predicted octanol–water partition coefficient (Wildman–Crippen LogP) is 6.48. The number of amides is 1. The van der Waals surface area contributed by atoms with Crippen molar-refractivity contribution in [2.75, 3.05) is 12.4 Å². The van der Waals surface area contributed by atoms with E-state index in [2.05, 4.69) is 30.3 Å². The number of alkyl halides is 3. The average Bonchev–Trinajstić information content (AvgIpc) is 3.22. The molecule has 0 radical (unpaired) electrons. The maximum Gasteiger partial charge on any atom is 0.573 e.